The summed E-state index contributed by atoms with van der Waals surface area (Å²) in [4.78, 5) is 0. The lowest BCUT2D eigenvalue weighted by Crippen LogP contribution is -2.12. The molecule has 0 fully saturated rings. The molecule has 0 aromatic heterocycles. The molecule has 0 aliphatic heterocycles. The Kier molecular flexibility index (Phi) is 4.74. The van der Waals surface area contributed by atoms with Crippen LogP contribution in [0.4, 0.5) is 0 Å². The Bertz CT molecular complexity index is 565. The van der Waals surface area contributed by atoms with Gasteiger partial charge in [-0.15, -0.1) is 0 Å². The first-order valence-corrected chi connectivity index (χ1v) is 6.44. The van der Waals surface area contributed by atoms with E-state index in [-0.39, 0.29) is 11.9 Å². The van der Waals surface area contributed by atoms with Crippen molar-refractivity contribution in [1.29, 1.82) is 0 Å². The third-order valence-electron chi connectivity index (χ3n) is 3.13. The van der Waals surface area contributed by atoms with E-state index < -0.39 is 0 Å². The van der Waals surface area contributed by atoms with Gasteiger partial charge in [-0.05, 0) is 18.1 Å². The van der Waals surface area contributed by atoms with E-state index in [9.17, 15) is 0 Å². The van der Waals surface area contributed by atoms with Crippen LogP contribution in [0.15, 0.2) is 59.8 Å². The minimum atomic E-state index is 0.0416. The van der Waals surface area contributed by atoms with Crippen LogP contribution in [0.5, 0.6) is 0 Å². The Balaban J connectivity index is 1.94. The molecule has 20 heavy (non-hydrogen) atoms. The molecule has 2 rings (SSSR count). The van der Waals surface area contributed by atoms with Crippen molar-refractivity contribution in [1.82, 2.24) is 0 Å². The number of hydrogen-bond acceptors (Lipinski definition) is 3. The molecule has 0 aliphatic carbocycles. The number of amidine groups is 1. The third-order valence-corrected chi connectivity index (χ3v) is 3.13. The van der Waals surface area contributed by atoms with Gasteiger partial charge in [-0.25, -0.2) is 0 Å². The summed E-state index contributed by atoms with van der Waals surface area (Å²) in [5, 5.41) is 11.6. The fourth-order valence-electron chi connectivity index (χ4n) is 1.87. The van der Waals surface area contributed by atoms with Crippen molar-refractivity contribution in [2.75, 3.05) is 0 Å². The zero-order chi connectivity index (χ0) is 14.4. The van der Waals surface area contributed by atoms with E-state index in [2.05, 4.69) is 5.16 Å². The summed E-state index contributed by atoms with van der Waals surface area (Å²) < 4.78 is 5.83. The molecule has 104 valence electrons. The lowest BCUT2D eigenvalue weighted by molar-refractivity contribution is 0.0525. The Hall–Kier alpha value is -2.33. The minimum Gasteiger partial charge on any atom is -0.409 e. The molecular formula is C16H18N2O2. The number of nitrogens with zero attached hydrogens (tertiary/aromatic N) is 1. The zero-order valence-electron chi connectivity index (χ0n) is 11.4. The maximum atomic E-state index is 8.60. The third kappa shape index (κ3) is 3.59. The Labute approximate surface area is 118 Å². The molecule has 0 amide bonds. The topological polar surface area (TPSA) is 67.8 Å². The highest BCUT2D eigenvalue weighted by Crippen LogP contribution is 2.18. The molecule has 3 N–H and O–H groups in total. The normalized spacial score (nSPS) is 13.2. The van der Waals surface area contributed by atoms with Gasteiger partial charge in [0.25, 0.3) is 0 Å². The van der Waals surface area contributed by atoms with E-state index in [0.29, 0.717) is 12.2 Å². The van der Waals surface area contributed by atoms with Crippen molar-refractivity contribution in [3.63, 3.8) is 0 Å². The first kappa shape index (κ1) is 14.1. The monoisotopic (exact) mass is 270 g/mol. The Morgan fingerprint density at radius 2 is 1.80 bits per heavy atom. The first-order valence-electron chi connectivity index (χ1n) is 6.44. The van der Waals surface area contributed by atoms with Gasteiger partial charge in [0.15, 0.2) is 5.84 Å². The molecule has 0 spiro atoms. The largest absolute Gasteiger partial charge is 0.409 e. The van der Waals surface area contributed by atoms with Crippen molar-refractivity contribution >= 4 is 5.84 Å². The highest BCUT2D eigenvalue weighted by atomic mass is 16.5. The van der Waals surface area contributed by atoms with Gasteiger partial charge in [-0.3, -0.25) is 0 Å². The van der Waals surface area contributed by atoms with Crippen LogP contribution in [-0.2, 0) is 11.3 Å². The number of ether oxygens (including phenoxy) is 1. The predicted octanol–water partition coefficient (Wildman–Crippen LogP) is 3.06. The van der Waals surface area contributed by atoms with Gasteiger partial charge in [-0.2, -0.15) is 0 Å². The fourth-order valence-corrected chi connectivity index (χ4v) is 1.87. The summed E-state index contributed by atoms with van der Waals surface area (Å²) in [7, 11) is 0. The molecular weight excluding hydrogens is 252 g/mol. The van der Waals surface area contributed by atoms with Crippen LogP contribution in [0.2, 0.25) is 0 Å². The number of benzene rings is 2. The lowest BCUT2D eigenvalue weighted by atomic mass is 10.1. The summed E-state index contributed by atoms with van der Waals surface area (Å²) in [6.45, 7) is 2.55. The number of nitrogens with two attached hydrogens (primary N) is 1. The molecule has 0 heterocycles. The van der Waals surface area contributed by atoms with E-state index in [0.717, 1.165) is 11.1 Å². The summed E-state index contributed by atoms with van der Waals surface area (Å²) in [6.07, 6.45) is 0.0416. The van der Waals surface area contributed by atoms with Crippen LogP contribution >= 0.6 is 0 Å². The molecule has 0 saturated heterocycles. The average Bonchev–Trinajstić information content (AvgIpc) is 2.53. The van der Waals surface area contributed by atoms with Crippen molar-refractivity contribution in [2.24, 2.45) is 10.9 Å². The van der Waals surface area contributed by atoms with E-state index in [1.54, 1.807) is 12.1 Å². The van der Waals surface area contributed by atoms with Crippen LogP contribution in [-0.4, -0.2) is 11.0 Å². The first-order chi connectivity index (χ1) is 9.70. The van der Waals surface area contributed by atoms with Crippen LogP contribution in [0, 0.1) is 0 Å². The second kappa shape index (κ2) is 6.73. The molecule has 4 heteroatoms. The van der Waals surface area contributed by atoms with E-state index in [1.165, 1.54) is 0 Å². The van der Waals surface area contributed by atoms with Gasteiger partial charge in [-0.1, -0.05) is 59.8 Å². The second-order valence-corrected chi connectivity index (χ2v) is 4.55. The molecule has 2 aromatic carbocycles. The number of hydrogen-bond donors (Lipinski definition) is 2. The maximum Gasteiger partial charge on any atom is 0.170 e. The summed E-state index contributed by atoms with van der Waals surface area (Å²) in [5.41, 5.74) is 8.40. The highest BCUT2D eigenvalue weighted by Gasteiger charge is 2.05. The van der Waals surface area contributed by atoms with E-state index >= 15 is 0 Å². The predicted molar refractivity (Wildman–Crippen MR) is 78.6 cm³/mol. The molecule has 0 bridgehead atoms. The summed E-state index contributed by atoms with van der Waals surface area (Å²) in [6, 6.07) is 17.5. The molecule has 0 radical (unpaired) electrons. The lowest BCUT2D eigenvalue weighted by Gasteiger charge is -2.13. The van der Waals surface area contributed by atoms with Crippen LogP contribution in [0.1, 0.15) is 29.7 Å². The molecule has 0 aliphatic rings. The summed E-state index contributed by atoms with van der Waals surface area (Å²) in [5.74, 6) is 0.107. The molecule has 1 atom stereocenters. The molecule has 1 unspecified atom stereocenters. The smallest absolute Gasteiger partial charge is 0.170 e. The standard InChI is InChI=1S/C16H18N2O2/c1-12(14-5-3-2-4-6-14)20-11-13-7-9-15(10-8-13)16(17)18-19/h2-10,12,19H,11H2,1H3,(H2,17,18). The quantitative estimate of drug-likeness (QED) is 0.380. The van der Waals surface area contributed by atoms with Crippen molar-refractivity contribution in [3.05, 3.63) is 71.3 Å². The van der Waals surface area contributed by atoms with E-state index in [4.69, 9.17) is 15.7 Å². The second-order valence-electron chi connectivity index (χ2n) is 4.55. The SMILES string of the molecule is CC(OCc1ccc(/C(N)=N/O)cc1)c1ccccc1. The van der Waals surface area contributed by atoms with Crippen molar-refractivity contribution < 1.29 is 9.94 Å². The van der Waals surface area contributed by atoms with Gasteiger partial charge in [0, 0.05) is 5.56 Å². The van der Waals surface area contributed by atoms with Crippen LogP contribution in [0.3, 0.4) is 0 Å². The molecule has 4 nitrogen and oxygen atoms in total. The summed E-state index contributed by atoms with van der Waals surface area (Å²) >= 11 is 0. The number of oxime groups is 1. The zero-order valence-corrected chi connectivity index (χ0v) is 11.4. The average molecular weight is 270 g/mol. The van der Waals surface area contributed by atoms with Crippen LogP contribution in [0.25, 0.3) is 0 Å². The van der Waals surface area contributed by atoms with Gasteiger partial charge in [0.05, 0.1) is 12.7 Å². The van der Waals surface area contributed by atoms with Gasteiger partial charge in [0.1, 0.15) is 0 Å². The number of rotatable bonds is 5. The van der Waals surface area contributed by atoms with Gasteiger partial charge >= 0.3 is 0 Å². The van der Waals surface area contributed by atoms with Gasteiger partial charge < -0.3 is 15.7 Å². The van der Waals surface area contributed by atoms with Crippen molar-refractivity contribution in [3.8, 4) is 0 Å². The fraction of sp³-hybridized carbons (Fsp3) is 0.188. The van der Waals surface area contributed by atoms with E-state index in [1.807, 2.05) is 49.4 Å². The highest BCUT2D eigenvalue weighted by molar-refractivity contribution is 5.96. The minimum absolute atomic E-state index is 0.0416. The Morgan fingerprint density at radius 3 is 2.40 bits per heavy atom. The van der Waals surface area contributed by atoms with Crippen LogP contribution < -0.4 is 5.73 Å². The Morgan fingerprint density at radius 1 is 1.15 bits per heavy atom. The maximum absolute atomic E-state index is 8.60. The van der Waals surface area contributed by atoms with Gasteiger partial charge in [0.2, 0.25) is 0 Å². The van der Waals surface area contributed by atoms with Crippen molar-refractivity contribution in [2.45, 2.75) is 19.6 Å². The molecule has 2 aromatic rings. The molecule has 0 saturated carbocycles.